The molecule has 0 spiro atoms. The Morgan fingerprint density at radius 2 is 1.93 bits per heavy atom. The predicted octanol–water partition coefficient (Wildman–Crippen LogP) is 0.798. The summed E-state index contributed by atoms with van der Waals surface area (Å²) >= 11 is 0. The number of hydrogen-bond donors (Lipinski definition) is 2. The zero-order chi connectivity index (χ0) is 10.4. The fourth-order valence-electron chi connectivity index (χ4n) is 1.08. The van der Waals surface area contributed by atoms with Crippen LogP contribution >= 0.6 is 0 Å². The van der Waals surface area contributed by atoms with Gasteiger partial charge in [0.25, 0.3) is 0 Å². The minimum Gasteiger partial charge on any atom is -0.330 e. The van der Waals surface area contributed by atoms with Gasteiger partial charge in [0, 0.05) is 6.54 Å². The first kappa shape index (κ1) is 11.0. The first-order valence-electron chi connectivity index (χ1n) is 4.45. The lowest BCUT2D eigenvalue weighted by Crippen LogP contribution is -2.18. The van der Waals surface area contributed by atoms with Crippen molar-refractivity contribution in [3.63, 3.8) is 0 Å². The summed E-state index contributed by atoms with van der Waals surface area (Å²) in [5.74, 6) is -1.58. The van der Waals surface area contributed by atoms with Crippen LogP contribution in [0.25, 0.3) is 0 Å². The van der Waals surface area contributed by atoms with Crippen LogP contribution < -0.4 is 11.1 Å². The Morgan fingerprint density at radius 1 is 1.29 bits per heavy atom. The molecule has 14 heavy (non-hydrogen) atoms. The Kier molecular flexibility index (Phi) is 4.42. The average Bonchev–Trinajstić information content (AvgIpc) is 2.11. The van der Waals surface area contributed by atoms with E-state index in [1.54, 1.807) is 0 Å². The third-order valence-corrected chi connectivity index (χ3v) is 1.71. The smallest absolute Gasteiger partial charge is 0.215 e. The number of rotatable bonds is 5. The molecule has 0 fully saturated rings. The SMILES string of the molecule is NCCCNCc1cc(F)nc(F)c1. The highest BCUT2D eigenvalue weighted by Crippen LogP contribution is 2.03. The van der Waals surface area contributed by atoms with Gasteiger partial charge in [0.1, 0.15) is 0 Å². The van der Waals surface area contributed by atoms with Crippen molar-refractivity contribution in [3.05, 3.63) is 29.6 Å². The molecule has 3 N–H and O–H groups in total. The van der Waals surface area contributed by atoms with Gasteiger partial charge in [-0.3, -0.25) is 0 Å². The summed E-state index contributed by atoms with van der Waals surface area (Å²) in [6.07, 6.45) is 0.843. The van der Waals surface area contributed by atoms with Crippen molar-refractivity contribution < 1.29 is 8.78 Å². The number of aromatic nitrogens is 1. The van der Waals surface area contributed by atoms with E-state index in [0.717, 1.165) is 13.0 Å². The Balaban J connectivity index is 2.42. The Labute approximate surface area is 81.3 Å². The van der Waals surface area contributed by atoms with Gasteiger partial charge < -0.3 is 11.1 Å². The lowest BCUT2D eigenvalue weighted by molar-refractivity contribution is 0.507. The largest absolute Gasteiger partial charge is 0.330 e. The van der Waals surface area contributed by atoms with Crippen LogP contribution in [-0.4, -0.2) is 18.1 Å². The predicted molar refractivity (Wildman–Crippen MR) is 49.5 cm³/mol. The summed E-state index contributed by atoms with van der Waals surface area (Å²) in [6, 6.07) is 2.41. The number of nitrogens with zero attached hydrogens (tertiary/aromatic N) is 1. The van der Waals surface area contributed by atoms with Crippen LogP contribution in [0.5, 0.6) is 0 Å². The molecule has 0 aromatic carbocycles. The van der Waals surface area contributed by atoms with Crippen LogP contribution in [0.2, 0.25) is 0 Å². The van der Waals surface area contributed by atoms with Crippen molar-refractivity contribution >= 4 is 0 Å². The first-order chi connectivity index (χ1) is 6.72. The van der Waals surface area contributed by atoms with E-state index in [1.807, 2.05) is 0 Å². The maximum atomic E-state index is 12.6. The van der Waals surface area contributed by atoms with Crippen LogP contribution in [0.1, 0.15) is 12.0 Å². The minimum absolute atomic E-state index is 0.427. The van der Waals surface area contributed by atoms with E-state index >= 15 is 0 Å². The van der Waals surface area contributed by atoms with Crippen LogP contribution in [0.15, 0.2) is 12.1 Å². The van der Waals surface area contributed by atoms with E-state index in [4.69, 9.17) is 5.73 Å². The van der Waals surface area contributed by atoms with Gasteiger partial charge in [-0.05, 0) is 37.2 Å². The maximum absolute atomic E-state index is 12.6. The molecule has 0 aliphatic heterocycles. The summed E-state index contributed by atoms with van der Waals surface area (Å²) < 4.78 is 25.2. The van der Waals surface area contributed by atoms with Crippen LogP contribution in [0.4, 0.5) is 8.78 Å². The second kappa shape index (κ2) is 5.62. The number of pyridine rings is 1. The average molecular weight is 201 g/mol. The van der Waals surface area contributed by atoms with Crippen molar-refractivity contribution in [2.75, 3.05) is 13.1 Å². The molecule has 0 amide bonds. The second-order valence-corrected chi connectivity index (χ2v) is 2.94. The summed E-state index contributed by atoms with van der Waals surface area (Å²) in [6.45, 7) is 1.77. The van der Waals surface area contributed by atoms with Gasteiger partial charge in [0.2, 0.25) is 11.9 Å². The minimum atomic E-state index is -0.791. The van der Waals surface area contributed by atoms with Crippen molar-refractivity contribution in [1.29, 1.82) is 0 Å². The molecule has 0 saturated heterocycles. The van der Waals surface area contributed by atoms with Crippen LogP contribution in [-0.2, 0) is 6.54 Å². The van der Waals surface area contributed by atoms with Crippen molar-refractivity contribution in [2.45, 2.75) is 13.0 Å². The van der Waals surface area contributed by atoms with Crippen molar-refractivity contribution in [1.82, 2.24) is 10.3 Å². The van der Waals surface area contributed by atoms with Crippen LogP contribution in [0, 0.1) is 11.9 Å². The third-order valence-electron chi connectivity index (χ3n) is 1.71. The molecule has 0 radical (unpaired) electrons. The first-order valence-corrected chi connectivity index (χ1v) is 4.45. The Morgan fingerprint density at radius 3 is 2.50 bits per heavy atom. The monoisotopic (exact) mass is 201 g/mol. The van der Waals surface area contributed by atoms with Gasteiger partial charge in [-0.25, -0.2) is 0 Å². The number of nitrogens with one attached hydrogen (secondary N) is 1. The fraction of sp³-hybridized carbons (Fsp3) is 0.444. The molecular formula is C9H13F2N3. The molecule has 1 heterocycles. The van der Waals surface area contributed by atoms with E-state index < -0.39 is 11.9 Å². The van der Waals surface area contributed by atoms with Gasteiger partial charge in [0.05, 0.1) is 0 Å². The van der Waals surface area contributed by atoms with E-state index in [9.17, 15) is 8.78 Å². The zero-order valence-electron chi connectivity index (χ0n) is 7.76. The highest BCUT2D eigenvalue weighted by atomic mass is 19.1. The van der Waals surface area contributed by atoms with E-state index in [1.165, 1.54) is 12.1 Å². The van der Waals surface area contributed by atoms with E-state index in [-0.39, 0.29) is 0 Å². The highest BCUT2D eigenvalue weighted by Gasteiger charge is 2.00. The number of nitrogens with two attached hydrogens (primary N) is 1. The summed E-state index contributed by atoms with van der Waals surface area (Å²) in [5, 5.41) is 3.02. The fourth-order valence-corrected chi connectivity index (χ4v) is 1.08. The molecule has 78 valence electrons. The molecule has 0 bridgehead atoms. The zero-order valence-corrected chi connectivity index (χ0v) is 7.76. The topological polar surface area (TPSA) is 50.9 Å². The number of hydrogen-bond acceptors (Lipinski definition) is 3. The lowest BCUT2D eigenvalue weighted by atomic mass is 10.2. The second-order valence-electron chi connectivity index (χ2n) is 2.94. The van der Waals surface area contributed by atoms with Gasteiger partial charge >= 0.3 is 0 Å². The highest BCUT2D eigenvalue weighted by molar-refractivity contribution is 5.11. The molecule has 1 aromatic heterocycles. The maximum Gasteiger partial charge on any atom is 0.215 e. The van der Waals surface area contributed by atoms with Crippen molar-refractivity contribution in [3.8, 4) is 0 Å². The molecule has 0 saturated carbocycles. The van der Waals surface area contributed by atoms with Gasteiger partial charge in [-0.15, -0.1) is 0 Å². The van der Waals surface area contributed by atoms with Crippen molar-refractivity contribution in [2.24, 2.45) is 5.73 Å². The molecule has 0 unspecified atom stereocenters. The van der Waals surface area contributed by atoms with E-state index in [2.05, 4.69) is 10.3 Å². The molecule has 1 rings (SSSR count). The van der Waals surface area contributed by atoms with E-state index in [0.29, 0.717) is 18.7 Å². The summed E-state index contributed by atoms with van der Waals surface area (Å²) in [7, 11) is 0. The molecule has 0 aliphatic rings. The molecule has 0 atom stereocenters. The van der Waals surface area contributed by atoms with Gasteiger partial charge in [-0.2, -0.15) is 13.8 Å². The Bertz CT molecular complexity index is 271. The molecular weight excluding hydrogens is 188 g/mol. The normalized spacial score (nSPS) is 10.5. The lowest BCUT2D eigenvalue weighted by Gasteiger charge is -2.03. The summed E-state index contributed by atoms with van der Waals surface area (Å²) in [5.41, 5.74) is 5.83. The Hall–Kier alpha value is -1.07. The third kappa shape index (κ3) is 3.76. The molecule has 5 heteroatoms. The molecule has 3 nitrogen and oxygen atoms in total. The van der Waals surface area contributed by atoms with Crippen LogP contribution in [0.3, 0.4) is 0 Å². The molecule has 1 aromatic rings. The quantitative estimate of drug-likeness (QED) is 0.547. The number of halogens is 2. The van der Waals surface area contributed by atoms with Gasteiger partial charge in [0.15, 0.2) is 0 Å². The molecule has 0 aliphatic carbocycles. The summed E-state index contributed by atoms with van der Waals surface area (Å²) in [4.78, 5) is 3.00. The van der Waals surface area contributed by atoms with Gasteiger partial charge in [-0.1, -0.05) is 0 Å². The standard InChI is InChI=1S/C9H13F2N3/c10-8-4-7(5-9(11)14-8)6-13-3-1-2-12/h4-5,13H,1-3,6,12H2.